The summed E-state index contributed by atoms with van der Waals surface area (Å²) in [7, 11) is 1.24. The van der Waals surface area contributed by atoms with Crippen molar-refractivity contribution in [3.8, 4) is 0 Å². The Labute approximate surface area is 69.8 Å². The summed E-state index contributed by atoms with van der Waals surface area (Å²) in [5.41, 5.74) is 0. The molecule has 0 amide bonds. The van der Waals surface area contributed by atoms with Crippen LogP contribution in [0.15, 0.2) is 12.5 Å². The van der Waals surface area contributed by atoms with E-state index in [1.54, 1.807) is 0 Å². The number of hydrogen-bond donors (Lipinski definition) is 0. The second-order valence-electron chi connectivity index (χ2n) is 2.19. The predicted molar refractivity (Wildman–Crippen MR) is 38.3 cm³/mol. The SMILES string of the molecule is C=C1OCC(COC(=O)OC)O1. The molecule has 0 radical (unpaired) electrons. The number of rotatable bonds is 2. The van der Waals surface area contributed by atoms with Gasteiger partial charge in [-0.3, -0.25) is 0 Å². The Morgan fingerprint density at radius 3 is 3.08 bits per heavy atom. The Morgan fingerprint density at radius 1 is 1.83 bits per heavy atom. The average Bonchev–Trinajstić information content (AvgIpc) is 2.47. The lowest BCUT2D eigenvalue weighted by Gasteiger charge is -2.06. The van der Waals surface area contributed by atoms with E-state index in [2.05, 4.69) is 16.1 Å². The molecule has 0 aliphatic carbocycles. The first-order valence-corrected chi connectivity index (χ1v) is 3.41. The molecule has 1 aliphatic heterocycles. The van der Waals surface area contributed by atoms with E-state index in [0.717, 1.165) is 0 Å². The molecule has 1 heterocycles. The summed E-state index contributed by atoms with van der Waals surface area (Å²) in [4.78, 5) is 10.5. The Morgan fingerprint density at radius 2 is 2.58 bits per heavy atom. The van der Waals surface area contributed by atoms with Gasteiger partial charge in [-0.2, -0.15) is 0 Å². The first kappa shape index (κ1) is 8.70. The van der Waals surface area contributed by atoms with Crippen LogP contribution in [0, 0.1) is 0 Å². The van der Waals surface area contributed by atoms with Gasteiger partial charge in [-0.05, 0) is 6.58 Å². The third-order valence-corrected chi connectivity index (χ3v) is 1.28. The molecule has 5 nitrogen and oxygen atoms in total. The molecule has 1 saturated heterocycles. The zero-order chi connectivity index (χ0) is 8.97. The van der Waals surface area contributed by atoms with Crippen molar-refractivity contribution in [3.05, 3.63) is 12.5 Å². The molecule has 5 heteroatoms. The normalized spacial score (nSPS) is 21.1. The van der Waals surface area contributed by atoms with Crippen molar-refractivity contribution in [1.29, 1.82) is 0 Å². The van der Waals surface area contributed by atoms with E-state index < -0.39 is 6.16 Å². The van der Waals surface area contributed by atoms with Crippen LogP contribution in [0.25, 0.3) is 0 Å². The van der Waals surface area contributed by atoms with Crippen molar-refractivity contribution in [2.45, 2.75) is 6.10 Å². The summed E-state index contributed by atoms with van der Waals surface area (Å²) in [6.07, 6.45) is -0.993. The van der Waals surface area contributed by atoms with Crippen LogP contribution in [0.5, 0.6) is 0 Å². The lowest BCUT2D eigenvalue weighted by atomic mass is 10.4. The van der Waals surface area contributed by atoms with Gasteiger partial charge >= 0.3 is 6.16 Å². The van der Waals surface area contributed by atoms with E-state index in [1.165, 1.54) is 7.11 Å². The third kappa shape index (κ3) is 2.34. The topological polar surface area (TPSA) is 54.0 Å². The molecule has 0 aromatic carbocycles. The van der Waals surface area contributed by atoms with Gasteiger partial charge in [-0.15, -0.1) is 0 Å². The molecule has 0 spiro atoms. The summed E-state index contributed by atoms with van der Waals surface area (Å²) >= 11 is 0. The standard InChI is InChI=1S/C7H10O5/c1-5-10-3-6(12-5)4-11-7(8)9-2/h6H,1,3-4H2,2H3. The fourth-order valence-corrected chi connectivity index (χ4v) is 0.742. The van der Waals surface area contributed by atoms with Crippen molar-refractivity contribution < 1.29 is 23.7 Å². The Bertz CT molecular complexity index is 188. The maximum absolute atomic E-state index is 10.5. The Kier molecular flexibility index (Phi) is 2.79. The van der Waals surface area contributed by atoms with E-state index in [9.17, 15) is 4.79 Å². The van der Waals surface area contributed by atoms with Gasteiger partial charge in [-0.1, -0.05) is 0 Å². The van der Waals surface area contributed by atoms with Gasteiger partial charge in [-0.25, -0.2) is 4.79 Å². The van der Waals surface area contributed by atoms with Crippen LogP contribution in [-0.4, -0.2) is 32.6 Å². The summed E-state index contributed by atoms with van der Waals surface area (Å²) in [6.45, 7) is 3.91. The molecule has 1 atom stereocenters. The number of methoxy groups -OCH3 is 1. The summed E-state index contributed by atoms with van der Waals surface area (Å²) < 4.78 is 18.8. The Hall–Kier alpha value is -1.39. The van der Waals surface area contributed by atoms with E-state index in [1.807, 2.05) is 0 Å². The molecule has 0 aromatic rings. The molecule has 68 valence electrons. The van der Waals surface area contributed by atoms with Crippen LogP contribution in [0.4, 0.5) is 4.79 Å². The number of hydrogen-bond acceptors (Lipinski definition) is 5. The molecule has 0 saturated carbocycles. The average molecular weight is 174 g/mol. The fourth-order valence-electron chi connectivity index (χ4n) is 0.742. The molecule has 1 rings (SSSR count). The minimum absolute atomic E-state index is 0.117. The van der Waals surface area contributed by atoms with Crippen LogP contribution >= 0.6 is 0 Å². The fraction of sp³-hybridized carbons (Fsp3) is 0.571. The second-order valence-corrected chi connectivity index (χ2v) is 2.19. The number of carbonyl (C=O) groups is 1. The highest BCUT2D eigenvalue weighted by atomic mass is 16.7. The predicted octanol–water partition coefficient (Wildman–Crippen LogP) is 0.656. The third-order valence-electron chi connectivity index (χ3n) is 1.28. The molecule has 12 heavy (non-hydrogen) atoms. The summed E-state index contributed by atoms with van der Waals surface area (Å²) in [5, 5.41) is 0. The summed E-state index contributed by atoms with van der Waals surface area (Å²) in [6, 6.07) is 0. The van der Waals surface area contributed by atoms with Gasteiger partial charge < -0.3 is 18.9 Å². The van der Waals surface area contributed by atoms with Gasteiger partial charge in [0.1, 0.15) is 13.2 Å². The number of carbonyl (C=O) groups excluding carboxylic acids is 1. The van der Waals surface area contributed by atoms with E-state index in [-0.39, 0.29) is 18.7 Å². The van der Waals surface area contributed by atoms with Gasteiger partial charge in [0.15, 0.2) is 6.10 Å². The van der Waals surface area contributed by atoms with Crippen LogP contribution in [-0.2, 0) is 18.9 Å². The molecule has 0 bridgehead atoms. The zero-order valence-electron chi connectivity index (χ0n) is 6.74. The quantitative estimate of drug-likeness (QED) is 0.575. The molecule has 0 N–H and O–H groups in total. The maximum Gasteiger partial charge on any atom is 0.508 e. The lowest BCUT2D eigenvalue weighted by Crippen LogP contribution is -2.20. The summed E-state index contributed by atoms with van der Waals surface area (Å²) in [5.74, 6) is 0.258. The minimum atomic E-state index is -0.726. The molecule has 1 fully saturated rings. The molecule has 1 unspecified atom stereocenters. The molecular formula is C7H10O5. The first-order valence-electron chi connectivity index (χ1n) is 3.41. The van der Waals surface area contributed by atoms with E-state index in [4.69, 9.17) is 9.47 Å². The van der Waals surface area contributed by atoms with Crippen LogP contribution in [0.1, 0.15) is 0 Å². The van der Waals surface area contributed by atoms with Gasteiger partial charge in [0, 0.05) is 0 Å². The van der Waals surface area contributed by atoms with Crippen molar-refractivity contribution in [2.24, 2.45) is 0 Å². The van der Waals surface area contributed by atoms with Crippen LogP contribution in [0.2, 0.25) is 0 Å². The largest absolute Gasteiger partial charge is 0.508 e. The van der Waals surface area contributed by atoms with E-state index in [0.29, 0.717) is 6.61 Å². The lowest BCUT2D eigenvalue weighted by molar-refractivity contribution is 0.0327. The highest BCUT2D eigenvalue weighted by molar-refractivity contribution is 5.59. The zero-order valence-corrected chi connectivity index (χ0v) is 6.74. The highest BCUT2D eigenvalue weighted by Gasteiger charge is 2.22. The van der Waals surface area contributed by atoms with Crippen LogP contribution < -0.4 is 0 Å². The van der Waals surface area contributed by atoms with Crippen molar-refractivity contribution in [3.63, 3.8) is 0 Å². The second kappa shape index (κ2) is 3.85. The van der Waals surface area contributed by atoms with Crippen LogP contribution in [0.3, 0.4) is 0 Å². The van der Waals surface area contributed by atoms with Crippen molar-refractivity contribution >= 4 is 6.16 Å². The first-order chi connectivity index (χ1) is 5.72. The maximum atomic E-state index is 10.5. The highest BCUT2D eigenvalue weighted by Crippen LogP contribution is 2.12. The monoisotopic (exact) mass is 174 g/mol. The minimum Gasteiger partial charge on any atom is -0.462 e. The molecule has 1 aliphatic rings. The van der Waals surface area contributed by atoms with Gasteiger partial charge in [0.25, 0.3) is 5.95 Å². The molecule has 0 aromatic heterocycles. The van der Waals surface area contributed by atoms with Gasteiger partial charge in [0.05, 0.1) is 7.11 Å². The number of ether oxygens (including phenoxy) is 4. The van der Waals surface area contributed by atoms with Crippen molar-refractivity contribution in [1.82, 2.24) is 0 Å². The molecular weight excluding hydrogens is 164 g/mol. The van der Waals surface area contributed by atoms with Gasteiger partial charge in [0.2, 0.25) is 0 Å². The smallest absolute Gasteiger partial charge is 0.462 e. The van der Waals surface area contributed by atoms with Crippen molar-refractivity contribution in [2.75, 3.05) is 20.3 Å². The van der Waals surface area contributed by atoms with E-state index >= 15 is 0 Å². The Balaban J connectivity index is 2.16.